The highest BCUT2D eigenvalue weighted by Crippen LogP contribution is 2.32. The van der Waals surface area contributed by atoms with Gasteiger partial charge in [0.05, 0.1) is 30.6 Å². The molecule has 0 aliphatic rings. The number of hydrogen-bond acceptors (Lipinski definition) is 8. The second-order valence-electron chi connectivity index (χ2n) is 5.84. The highest BCUT2D eigenvalue weighted by Gasteiger charge is 2.13. The molecule has 9 heteroatoms. The molecule has 8 nitrogen and oxygen atoms in total. The van der Waals surface area contributed by atoms with Gasteiger partial charge < -0.3 is 9.47 Å². The molecule has 0 fully saturated rings. The summed E-state index contributed by atoms with van der Waals surface area (Å²) in [5.74, 6) is 1.16. The molecular weight excluding hydrogens is 394 g/mol. The van der Waals surface area contributed by atoms with E-state index in [1.54, 1.807) is 44.6 Å². The first kappa shape index (κ1) is 20.3. The van der Waals surface area contributed by atoms with Crippen molar-refractivity contribution in [3.8, 4) is 22.8 Å². The summed E-state index contributed by atoms with van der Waals surface area (Å²) in [6, 6.07) is 14.6. The summed E-state index contributed by atoms with van der Waals surface area (Å²) in [5, 5.41) is 19.8. The Hall–Kier alpha value is -3.46. The number of thioether (sulfide) groups is 1. The van der Waals surface area contributed by atoms with Gasteiger partial charge >= 0.3 is 0 Å². The van der Waals surface area contributed by atoms with Gasteiger partial charge in [-0.25, -0.2) is 0 Å². The molecule has 0 bridgehead atoms. The first-order valence-corrected chi connectivity index (χ1v) is 9.47. The van der Waals surface area contributed by atoms with Gasteiger partial charge in [0, 0.05) is 29.3 Å². The number of carbonyl (C=O) groups is 1. The van der Waals surface area contributed by atoms with Gasteiger partial charge in [-0.2, -0.15) is 0 Å². The van der Waals surface area contributed by atoms with Gasteiger partial charge in [-0.1, -0.05) is 23.9 Å². The van der Waals surface area contributed by atoms with Gasteiger partial charge in [-0.3, -0.25) is 14.9 Å². The molecule has 148 valence electrons. The molecule has 1 heterocycles. The molecule has 0 unspecified atom stereocenters. The van der Waals surface area contributed by atoms with E-state index in [4.69, 9.17) is 9.47 Å². The predicted molar refractivity (Wildman–Crippen MR) is 109 cm³/mol. The molecule has 0 amide bonds. The third-order valence-electron chi connectivity index (χ3n) is 4.05. The molecule has 0 saturated carbocycles. The van der Waals surface area contributed by atoms with Crippen LogP contribution in [-0.2, 0) is 0 Å². The zero-order valence-electron chi connectivity index (χ0n) is 15.7. The van der Waals surface area contributed by atoms with Crippen molar-refractivity contribution in [2.75, 3.05) is 20.0 Å². The van der Waals surface area contributed by atoms with E-state index in [0.717, 1.165) is 5.56 Å². The molecule has 0 atom stereocenters. The summed E-state index contributed by atoms with van der Waals surface area (Å²) in [7, 11) is 3.14. The summed E-state index contributed by atoms with van der Waals surface area (Å²) >= 11 is 1.21. The Labute approximate surface area is 171 Å². The van der Waals surface area contributed by atoms with Crippen molar-refractivity contribution in [1.82, 2.24) is 10.2 Å². The Balaban J connectivity index is 1.69. The second kappa shape index (κ2) is 9.16. The van der Waals surface area contributed by atoms with Gasteiger partial charge in [0.1, 0.15) is 16.5 Å². The molecule has 0 saturated heterocycles. The number of non-ortho nitro benzene ring substituents is 1. The van der Waals surface area contributed by atoms with Crippen LogP contribution < -0.4 is 9.47 Å². The number of hydrogen-bond donors (Lipinski definition) is 0. The van der Waals surface area contributed by atoms with E-state index in [2.05, 4.69) is 10.2 Å². The number of rotatable bonds is 8. The van der Waals surface area contributed by atoms with Crippen LogP contribution in [0.5, 0.6) is 11.5 Å². The number of ketones is 1. The molecule has 2 aromatic carbocycles. The third kappa shape index (κ3) is 4.88. The van der Waals surface area contributed by atoms with Gasteiger partial charge in [0.15, 0.2) is 5.78 Å². The van der Waals surface area contributed by atoms with Crippen molar-refractivity contribution >= 4 is 23.2 Å². The van der Waals surface area contributed by atoms with Crippen molar-refractivity contribution in [3.63, 3.8) is 0 Å². The quantitative estimate of drug-likeness (QED) is 0.237. The maximum Gasteiger partial charge on any atom is 0.270 e. The minimum absolute atomic E-state index is 0.0983. The molecule has 0 N–H and O–H groups in total. The van der Waals surface area contributed by atoms with Crippen LogP contribution in [0.4, 0.5) is 5.69 Å². The van der Waals surface area contributed by atoms with Gasteiger partial charge in [-0.15, -0.1) is 10.2 Å². The lowest BCUT2D eigenvalue weighted by molar-refractivity contribution is -0.384. The van der Waals surface area contributed by atoms with Gasteiger partial charge in [0.2, 0.25) is 0 Å². The molecule has 0 radical (unpaired) electrons. The molecule has 3 aromatic rings. The number of nitro benzene ring substituents is 1. The van der Waals surface area contributed by atoms with Crippen LogP contribution in [0.1, 0.15) is 10.4 Å². The van der Waals surface area contributed by atoms with E-state index in [0.29, 0.717) is 27.8 Å². The molecule has 29 heavy (non-hydrogen) atoms. The van der Waals surface area contributed by atoms with E-state index in [9.17, 15) is 14.9 Å². The smallest absolute Gasteiger partial charge is 0.270 e. The lowest BCUT2D eigenvalue weighted by Gasteiger charge is -2.09. The highest BCUT2D eigenvalue weighted by molar-refractivity contribution is 7.99. The van der Waals surface area contributed by atoms with Crippen LogP contribution in [0.3, 0.4) is 0 Å². The minimum Gasteiger partial charge on any atom is -0.497 e. The van der Waals surface area contributed by atoms with Crippen molar-refractivity contribution in [2.45, 2.75) is 5.03 Å². The number of benzene rings is 2. The van der Waals surface area contributed by atoms with Crippen molar-refractivity contribution in [3.05, 3.63) is 70.3 Å². The normalized spacial score (nSPS) is 10.4. The minimum atomic E-state index is -0.526. The number of Topliss-reactive ketones (excluding diaryl/α,β-unsaturated/α-hetero) is 1. The van der Waals surface area contributed by atoms with E-state index in [-0.39, 0.29) is 17.2 Å². The topological polar surface area (TPSA) is 104 Å². The average Bonchev–Trinajstić information content (AvgIpc) is 2.77. The van der Waals surface area contributed by atoms with E-state index < -0.39 is 4.92 Å². The SMILES string of the molecule is COc1ccc(-c2ccc(SCC(=O)c3cccc([N+](=O)[O-])c3)nn2)c(OC)c1. The van der Waals surface area contributed by atoms with Gasteiger partial charge in [-0.05, 0) is 24.3 Å². The molecular formula is C20H17N3O5S. The van der Waals surface area contributed by atoms with Crippen LogP contribution in [0.2, 0.25) is 0 Å². The number of nitrogens with zero attached hydrogens (tertiary/aromatic N) is 3. The van der Waals surface area contributed by atoms with Crippen LogP contribution in [-0.4, -0.2) is 40.9 Å². The van der Waals surface area contributed by atoms with Crippen LogP contribution >= 0.6 is 11.8 Å². The Morgan fingerprint density at radius 1 is 1.07 bits per heavy atom. The zero-order chi connectivity index (χ0) is 20.8. The predicted octanol–water partition coefficient (Wildman–Crippen LogP) is 4.04. The van der Waals surface area contributed by atoms with E-state index in [1.165, 1.54) is 30.0 Å². The Morgan fingerprint density at radius 2 is 1.90 bits per heavy atom. The summed E-state index contributed by atoms with van der Waals surface area (Å²) in [4.78, 5) is 22.6. The lowest BCUT2D eigenvalue weighted by Crippen LogP contribution is -2.03. The van der Waals surface area contributed by atoms with Gasteiger partial charge in [0.25, 0.3) is 5.69 Å². The number of aromatic nitrogens is 2. The summed E-state index contributed by atoms with van der Waals surface area (Å²) in [6.07, 6.45) is 0. The number of methoxy groups -OCH3 is 2. The molecule has 0 aliphatic heterocycles. The maximum absolute atomic E-state index is 12.3. The Kier molecular flexibility index (Phi) is 6.40. The maximum atomic E-state index is 12.3. The average molecular weight is 411 g/mol. The fourth-order valence-electron chi connectivity index (χ4n) is 2.57. The highest BCUT2D eigenvalue weighted by atomic mass is 32.2. The standard InChI is InChI=1S/C20H17N3O5S/c1-27-15-6-7-16(19(11-15)28-2)17-8-9-20(22-21-17)29-12-18(24)13-4-3-5-14(10-13)23(25)26/h3-11H,12H2,1-2H3. The number of ether oxygens (including phenoxy) is 2. The lowest BCUT2D eigenvalue weighted by atomic mass is 10.1. The van der Waals surface area contributed by atoms with E-state index in [1.807, 2.05) is 6.07 Å². The summed E-state index contributed by atoms with van der Waals surface area (Å²) < 4.78 is 10.6. The zero-order valence-corrected chi connectivity index (χ0v) is 16.5. The monoisotopic (exact) mass is 411 g/mol. The fourth-order valence-corrected chi connectivity index (χ4v) is 3.28. The molecule has 0 aliphatic carbocycles. The van der Waals surface area contributed by atoms with Crippen molar-refractivity contribution < 1.29 is 19.2 Å². The number of carbonyl (C=O) groups excluding carboxylic acids is 1. The third-order valence-corrected chi connectivity index (χ3v) is 4.97. The summed E-state index contributed by atoms with van der Waals surface area (Å²) in [5.41, 5.74) is 1.57. The first-order chi connectivity index (χ1) is 14.0. The molecule has 0 spiro atoms. The second-order valence-corrected chi connectivity index (χ2v) is 6.84. The largest absolute Gasteiger partial charge is 0.497 e. The Bertz CT molecular complexity index is 1040. The van der Waals surface area contributed by atoms with Crippen molar-refractivity contribution in [1.29, 1.82) is 0 Å². The Morgan fingerprint density at radius 3 is 2.55 bits per heavy atom. The molecule has 3 rings (SSSR count). The fraction of sp³-hybridized carbons (Fsp3) is 0.150. The summed E-state index contributed by atoms with van der Waals surface area (Å²) in [6.45, 7) is 0. The molecule has 1 aromatic heterocycles. The van der Waals surface area contributed by atoms with Crippen molar-refractivity contribution in [2.24, 2.45) is 0 Å². The van der Waals surface area contributed by atoms with Crippen LogP contribution in [0, 0.1) is 10.1 Å². The van der Waals surface area contributed by atoms with E-state index >= 15 is 0 Å². The first-order valence-electron chi connectivity index (χ1n) is 8.48. The number of nitro groups is 1. The van der Waals surface area contributed by atoms with Crippen LogP contribution in [0.15, 0.2) is 59.6 Å². The van der Waals surface area contributed by atoms with Crippen LogP contribution in [0.25, 0.3) is 11.3 Å².